The van der Waals surface area contributed by atoms with Crippen molar-refractivity contribution in [2.24, 2.45) is 0 Å². The number of amides is 1. The van der Waals surface area contributed by atoms with Gasteiger partial charge in [0.05, 0.1) is 13.2 Å². The highest BCUT2D eigenvalue weighted by Crippen LogP contribution is 1.86. The Morgan fingerprint density at radius 1 is 1.46 bits per heavy atom. The first kappa shape index (κ1) is 12.1. The van der Waals surface area contributed by atoms with Crippen molar-refractivity contribution >= 4 is 5.91 Å². The smallest absolute Gasteiger partial charge is 0.246 e. The van der Waals surface area contributed by atoms with E-state index in [-0.39, 0.29) is 12.5 Å². The monoisotopic (exact) mass is 187 g/mol. The lowest BCUT2D eigenvalue weighted by Gasteiger charge is -2.05. The number of nitrogens with one attached hydrogen (secondary N) is 1. The molecule has 0 unspecified atom stereocenters. The molecule has 4 nitrogen and oxygen atoms in total. The van der Waals surface area contributed by atoms with Crippen LogP contribution in [0.1, 0.15) is 6.92 Å². The zero-order chi connectivity index (χ0) is 10.1. The van der Waals surface area contributed by atoms with Gasteiger partial charge >= 0.3 is 0 Å². The molecule has 4 heteroatoms. The van der Waals surface area contributed by atoms with E-state index in [4.69, 9.17) is 4.74 Å². The van der Waals surface area contributed by atoms with E-state index >= 15 is 0 Å². The molecule has 0 aromatic heterocycles. The predicted octanol–water partition coefficient (Wildman–Crippen LogP) is 0.342. The Kier molecular flexibility index (Phi) is 7.24. The summed E-state index contributed by atoms with van der Waals surface area (Å²) in [6, 6.07) is 0. The maximum Gasteiger partial charge on any atom is 0.246 e. The number of rotatable bonds is 7. The van der Waals surface area contributed by atoms with Crippen molar-refractivity contribution < 1.29 is 14.3 Å². The SMILES string of the molecule is C=C(C)COCCNC(=O)COC. The van der Waals surface area contributed by atoms with Gasteiger partial charge in [-0.3, -0.25) is 4.79 Å². The van der Waals surface area contributed by atoms with E-state index in [9.17, 15) is 4.79 Å². The van der Waals surface area contributed by atoms with Crippen molar-refractivity contribution in [3.63, 3.8) is 0 Å². The Morgan fingerprint density at radius 3 is 2.69 bits per heavy atom. The third kappa shape index (κ3) is 9.04. The Balaban J connectivity index is 3.16. The molecule has 0 saturated heterocycles. The standard InChI is InChI=1S/C9H17NO3/c1-8(2)6-13-5-4-10-9(11)7-12-3/h1,4-7H2,2-3H3,(H,10,11). The van der Waals surface area contributed by atoms with Gasteiger partial charge in [-0.25, -0.2) is 0 Å². The van der Waals surface area contributed by atoms with Crippen LogP contribution in [0.5, 0.6) is 0 Å². The number of carbonyl (C=O) groups is 1. The summed E-state index contributed by atoms with van der Waals surface area (Å²) in [5.41, 5.74) is 0.975. The van der Waals surface area contributed by atoms with Gasteiger partial charge in [0, 0.05) is 13.7 Å². The van der Waals surface area contributed by atoms with Crippen LogP contribution in [-0.2, 0) is 14.3 Å². The van der Waals surface area contributed by atoms with Gasteiger partial charge in [-0.15, -0.1) is 0 Å². The van der Waals surface area contributed by atoms with Crippen LogP contribution in [0.15, 0.2) is 12.2 Å². The third-order valence-corrected chi connectivity index (χ3v) is 1.19. The largest absolute Gasteiger partial charge is 0.375 e. The summed E-state index contributed by atoms with van der Waals surface area (Å²) in [6.07, 6.45) is 0. The van der Waals surface area contributed by atoms with Gasteiger partial charge in [0.15, 0.2) is 0 Å². The summed E-state index contributed by atoms with van der Waals surface area (Å²) < 4.78 is 9.80. The molecule has 0 rings (SSSR count). The molecule has 0 heterocycles. The van der Waals surface area contributed by atoms with E-state index in [0.29, 0.717) is 19.8 Å². The van der Waals surface area contributed by atoms with Crippen LogP contribution >= 0.6 is 0 Å². The first-order valence-electron chi connectivity index (χ1n) is 4.14. The van der Waals surface area contributed by atoms with Gasteiger partial charge in [0.25, 0.3) is 0 Å². The first-order chi connectivity index (χ1) is 6.16. The number of ether oxygens (including phenoxy) is 2. The van der Waals surface area contributed by atoms with E-state index in [1.807, 2.05) is 6.92 Å². The summed E-state index contributed by atoms with van der Waals surface area (Å²) in [5.74, 6) is -0.124. The lowest BCUT2D eigenvalue weighted by molar-refractivity contribution is -0.124. The van der Waals surface area contributed by atoms with Gasteiger partial charge in [-0.1, -0.05) is 12.2 Å². The summed E-state index contributed by atoms with van der Waals surface area (Å²) in [5, 5.41) is 2.64. The normalized spacial score (nSPS) is 9.69. The highest BCUT2D eigenvalue weighted by atomic mass is 16.5. The Morgan fingerprint density at radius 2 is 2.15 bits per heavy atom. The highest BCUT2D eigenvalue weighted by Gasteiger charge is 1.97. The number of hydrogen-bond donors (Lipinski definition) is 1. The minimum atomic E-state index is -0.124. The zero-order valence-corrected chi connectivity index (χ0v) is 8.26. The van der Waals surface area contributed by atoms with Crippen LogP contribution in [-0.4, -0.2) is 39.4 Å². The van der Waals surface area contributed by atoms with Crippen molar-refractivity contribution in [1.29, 1.82) is 0 Å². The van der Waals surface area contributed by atoms with Crippen LogP contribution in [0, 0.1) is 0 Å². The average molecular weight is 187 g/mol. The van der Waals surface area contributed by atoms with Crippen LogP contribution in [0.25, 0.3) is 0 Å². The lowest BCUT2D eigenvalue weighted by atomic mass is 10.4. The Hall–Kier alpha value is -0.870. The van der Waals surface area contributed by atoms with E-state index in [2.05, 4.69) is 16.6 Å². The maximum atomic E-state index is 10.8. The van der Waals surface area contributed by atoms with Crippen molar-refractivity contribution in [3.05, 3.63) is 12.2 Å². The molecular weight excluding hydrogens is 170 g/mol. The van der Waals surface area contributed by atoms with Crippen molar-refractivity contribution in [1.82, 2.24) is 5.32 Å². The van der Waals surface area contributed by atoms with E-state index in [1.54, 1.807) is 0 Å². The molecule has 76 valence electrons. The molecule has 0 aromatic carbocycles. The van der Waals surface area contributed by atoms with Gasteiger partial charge in [0.2, 0.25) is 5.91 Å². The number of carbonyl (C=O) groups excluding carboxylic acids is 1. The fraction of sp³-hybridized carbons (Fsp3) is 0.667. The lowest BCUT2D eigenvalue weighted by Crippen LogP contribution is -2.30. The second-order valence-corrected chi connectivity index (χ2v) is 2.79. The highest BCUT2D eigenvalue weighted by molar-refractivity contribution is 5.77. The first-order valence-corrected chi connectivity index (χ1v) is 4.14. The fourth-order valence-corrected chi connectivity index (χ4v) is 0.691. The Labute approximate surface area is 78.9 Å². The molecule has 0 aromatic rings. The van der Waals surface area contributed by atoms with Crippen molar-refractivity contribution in [2.75, 3.05) is 33.5 Å². The van der Waals surface area contributed by atoms with Crippen LogP contribution in [0.2, 0.25) is 0 Å². The summed E-state index contributed by atoms with van der Waals surface area (Å²) in [7, 11) is 1.48. The minimum absolute atomic E-state index is 0.0977. The van der Waals surface area contributed by atoms with E-state index < -0.39 is 0 Å². The predicted molar refractivity (Wildman–Crippen MR) is 50.5 cm³/mol. The molecule has 13 heavy (non-hydrogen) atoms. The molecule has 0 fully saturated rings. The van der Waals surface area contributed by atoms with Crippen molar-refractivity contribution in [3.8, 4) is 0 Å². The van der Waals surface area contributed by atoms with E-state index in [1.165, 1.54) is 7.11 Å². The Bertz CT molecular complexity index is 168. The fourth-order valence-electron chi connectivity index (χ4n) is 0.691. The zero-order valence-electron chi connectivity index (χ0n) is 8.26. The van der Waals surface area contributed by atoms with Crippen LogP contribution in [0.4, 0.5) is 0 Å². The average Bonchev–Trinajstić information content (AvgIpc) is 2.03. The summed E-state index contributed by atoms with van der Waals surface area (Å²) in [6.45, 7) is 7.23. The molecule has 1 amide bonds. The summed E-state index contributed by atoms with van der Waals surface area (Å²) in [4.78, 5) is 10.8. The molecule has 1 N–H and O–H groups in total. The second-order valence-electron chi connectivity index (χ2n) is 2.79. The maximum absolute atomic E-state index is 10.8. The van der Waals surface area contributed by atoms with Crippen LogP contribution < -0.4 is 5.32 Å². The van der Waals surface area contributed by atoms with Gasteiger partial charge < -0.3 is 14.8 Å². The van der Waals surface area contributed by atoms with Gasteiger partial charge in [0.1, 0.15) is 6.61 Å². The molecule has 0 saturated carbocycles. The molecule has 0 aliphatic heterocycles. The quantitative estimate of drug-likeness (QED) is 0.462. The van der Waals surface area contributed by atoms with Gasteiger partial charge in [-0.05, 0) is 6.92 Å². The van der Waals surface area contributed by atoms with Crippen LogP contribution in [0.3, 0.4) is 0 Å². The summed E-state index contributed by atoms with van der Waals surface area (Å²) >= 11 is 0. The topological polar surface area (TPSA) is 47.6 Å². The minimum Gasteiger partial charge on any atom is -0.375 e. The molecule has 0 aliphatic rings. The van der Waals surface area contributed by atoms with E-state index in [0.717, 1.165) is 5.57 Å². The third-order valence-electron chi connectivity index (χ3n) is 1.19. The molecule has 0 aliphatic carbocycles. The molecule has 0 atom stereocenters. The van der Waals surface area contributed by atoms with Gasteiger partial charge in [-0.2, -0.15) is 0 Å². The second kappa shape index (κ2) is 7.76. The molecular formula is C9H17NO3. The number of hydrogen-bond acceptors (Lipinski definition) is 3. The van der Waals surface area contributed by atoms with Crippen molar-refractivity contribution in [2.45, 2.75) is 6.92 Å². The molecule has 0 bridgehead atoms. The number of methoxy groups -OCH3 is 1. The molecule has 0 radical (unpaired) electrons. The molecule has 0 spiro atoms.